The quantitative estimate of drug-likeness (QED) is 0.820. The lowest BCUT2D eigenvalue weighted by molar-refractivity contribution is 0.590. The number of sulfone groups is 1. The molecule has 0 bridgehead atoms. The molecule has 0 saturated heterocycles. The first-order valence-electron chi connectivity index (χ1n) is 5.26. The van der Waals surface area contributed by atoms with Gasteiger partial charge in [-0.15, -0.1) is 0 Å². The summed E-state index contributed by atoms with van der Waals surface area (Å²) in [5, 5.41) is 3.09. The van der Waals surface area contributed by atoms with Gasteiger partial charge in [0.2, 0.25) is 0 Å². The van der Waals surface area contributed by atoms with Gasteiger partial charge in [-0.1, -0.05) is 19.1 Å². The van der Waals surface area contributed by atoms with Crippen molar-refractivity contribution in [1.29, 1.82) is 0 Å². The molecule has 0 radical (unpaired) electrons. The average molecular weight is 306 g/mol. The van der Waals surface area contributed by atoms with Crippen LogP contribution in [0.4, 0.5) is 0 Å². The monoisotopic (exact) mass is 305 g/mol. The van der Waals surface area contributed by atoms with Crippen molar-refractivity contribution in [3.05, 3.63) is 28.7 Å². The largest absolute Gasteiger partial charge is 0.316 e. The normalized spacial score (nSPS) is 11.6. The second-order valence-electron chi connectivity index (χ2n) is 3.50. The Balaban J connectivity index is 2.68. The fourth-order valence-corrected chi connectivity index (χ4v) is 3.62. The fourth-order valence-electron chi connectivity index (χ4n) is 1.32. The van der Waals surface area contributed by atoms with Gasteiger partial charge in [0.1, 0.15) is 0 Å². The van der Waals surface area contributed by atoms with Crippen molar-refractivity contribution in [3.8, 4) is 0 Å². The van der Waals surface area contributed by atoms with E-state index < -0.39 is 9.84 Å². The van der Waals surface area contributed by atoms with Crippen molar-refractivity contribution in [1.82, 2.24) is 5.32 Å². The highest BCUT2D eigenvalue weighted by molar-refractivity contribution is 9.10. The van der Waals surface area contributed by atoms with E-state index in [1.54, 1.807) is 24.3 Å². The van der Waals surface area contributed by atoms with E-state index in [0.29, 0.717) is 15.9 Å². The van der Waals surface area contributed by atoms with Crippen molar-refractivity contribution >= 4 is 25.8 Å². The minimum Gasteiger partial charge on any atom is -0.316 e. The second-order valence-corrected chi connectivity index (χ2v) is 6.43. The van der Waals surface area contributed by atoms with Gasteiger partial charge >= 0.3 is 0 Å². The molecule has 0 fully saturated rings. The molecule has 0 spiro atoms. The Hall–Kier alpha value is -0.390. The summed E-state index contributed by atoms with van der Waals surface area (Å²) in [7, 11) is -3.18. The molecule has 0 aliphatic carbocycles. The lowest BCUT2D eigenvalue weighted by Gasteiger charge is -2.07. The maximum Gasteiger partial charge on any atom is 0.180 e. The first-order chi connectivity index (χ1) is 7.58. The van der Waals surface area contributed by atoms with Gasteiger partial charge < -0.3 is 5.32 Å². The van der Waals surface area contributed by atoms with Gasteiger partial charge in [0.15, 0.2) is 9.84 Å². The zero-order valence-corrected chi connectivity index (χ0v) is 11.6. The third-order valence-corrected chi connectivity index (χ3v) is 4.87. The Labute approximate surface area is 105 Å². The highest BCUT2D eigenvalue weighted by atomic mass is 79.9. The van der Waals surface area contributed by atoms with Gasteiger partial charge in [-0.2, -0.15) is 0 Å². The number of benzene rings is 1. The van der Waals surface area contributed by atoms with E-state index in [9.17, 15) is 8.42 Å². The molecule has 0 heterocycles. The Morgan fingerprint density at radius 2 is 1.94 bits per heavy atom. The molecule has 0 aliphatic rings. The predicted octanol–water partition coefficient (Wildman–Crippen LogP) is 2.22. The molecule has 1 N–H and O–H groups in total. The lowest BCUT2D eigenvalue weighted by atomic mass is 10.4. The summed E-state index contributed by atoms with van der Waals surface area (Å²) < 4.78 is 24.5. The Bertz CT molecular complexity index is 431. The molecule has 1 aromatic carbocycles. The average Bonchev–Trinajstić information content (AvgIpc) is 2.25. The van der Waals surface area contributed by atoms with Crippen LogP contribution in [0.3, 0.4) is 0 Å². The maximum atomic E-state index is 11.9. The summed E-state index contributed by atoms with van der Waals surface area (Å²) in [5.41, 5.74) is 0. The number of hydrogen-bond acceptors (Lipinski definition) is 3. The van der Waals surface area contributed by atoms with E-state index in [1.165, 1.54) is 0 Å². The van der Waals surface area contributed by atoms with Crippen molar-refractivity contribution in [2.24, 2.45) is 0 Å². The molecule has 16 heavy (non-hydrogen) atoms. The van der Waals surface area contributed by atoms with Crippen LogP contribution in [0.25, 0.3) is 0 Å². The van der Waals surface area contributed by atoms with Gasteiger partial charge in [0.05, 0.1) is 10.6 Å². The zero-order chi connectivity index (χ0) is 12.0. The van der Waals surface area contributed by atoms with Gasteiger partial charge in [0, 0.05) is 11.0 Å². The highest BCUT2D eigenvalue weighted by Crippen LogP contribution is 2.21. The van der Waals surface area contributed by atoms with E-state index in [-0.39, 0.29) is 5.75 Å². The van der Waals surface area contributed by atoms with Gasteiger partial charge in [0.25, 0.3) is 0 Å². The summed E-state index contributed by atoms with van der Waals surface area (Å²) in [6, 6.07) is 6.90. The minimum atomic E-state index is -3.18. The molecule has 5 heteroatoms. The molecule has 0 saturated carbocycles. The first kappa shape index (κ1) is 13.7. The summed E-state index contributed by atoms with van der Waals surface area (Å²) >= 11 is 3.26. The Morgan fingerprint density at radius 3 is 2.56 bits per heavy atom. The van der Waals surface area contributed by atoms with Crippen LogP contribution in [-0.4, -0.2) is 27.3 Å². The summed E-state index contributed by atoms with van der Waals surface area (Å²) in [6.45, 7) is 3.40. The highest BCUT2D eigenvalue weighted by Gasteiger charge is 2.16. The van der Waals surface area contributed by atoms with Gasteiger partial charge in [-0.05, 0) is 41.0 Å². The van der Waals surface area contributed by atoms with Crippen LogP contribution in [0.1, 0.15) is 13.3 Å². The lowest BCUT2D eigenvalue weighted by Crippen LogP contribution is -2.23. The zero-order valence-electron chi connectivity index (χ0n) is 9.24. The van der Waals surface area contributed by atoms with E-state index in [4.69, 9.17) is 0 Å². The topological polar surface area (TPSA) is 46.2 Å². The van der Waals surface area contributed by atoms with E-state index >= 15 is 0 Å². The number of rotatable bonds is 6. The van der Waals surface area contributed by atoms with Crippen molar-refractivity contribution in [2.75, 3.05) is 18.8 Å². The van der Waals surface area contributed by atoms with Gasteiger partial charge in [-0.25, -0.2) is 8.42 Å². The van der Waals surface area contributed by atoms with Crippen molar-refractivity contribution < 1.29 is 8.42 Å². The molecule has 0 aromatic heterocycles. The molecule has 1 rings (SSSR count). The number of halogens is 1. The van der Waals surface area contributed by atoms with E-state index in [1.807, 2.05) is 0 Å². The molecule has 0 atom stereocenters. The molecular formula is C11H16BrNO2S. The molecule has 0 amide bonds. The standard InChI is InChI=1S/C11H16BrNO2S/c1-2-7-13-8-9-16(14,15)11-6-4-3-5-10(11)12/h3-6,13H,2,7-9H2,1H3. The fraction of sp³-hybridized carbons (Fsp3) is 0.455. The second kappa shape index (κ2) is 6.37. The van der Waals surface area contributed by atoms with E-state index in [0.717, 1.165) is 13.0 Å². The number of nitrogens with one attached hydrogen (secondary N) is 1. The summed E-state index contributed by atoms with van der Waals surface area (Å²) in [6.07, 6.45) is 1.01. The molecule has 0 unspecified atom stereocenters. The molecular weight excluding hydrogens is 290 g/mol. The van der Waals surface area contributed by atoms with Crippen LogP contribution < -0.4 is 5.32 Å². The third kappa shape index (κ3) is 3.88. The Kier molecular flexibility index (Phi) is 5.44. The van der Waals surface area contributed by atoms with Crippen LogP contribution in [0, 0.1) is 0 Å². The summed E-state index contributed by atoms with van der Waals surface area (Å²) in [5.74, 6) is 0.135. The van der Waals surface area contributed by atoms with E-state index in [2.05, 4.69) is 28.2 Å². The van der Waals surface area contributed by atoms with Crippen LogP contribution in [0.5, 0.6) is 0 Å². The Morgan fingerprint density at radius 1 is 1.25 bits per heavy atom. The minimum absolute atomic E-state index is 0.135. The smallest absolute Gasteiger partial charge is 0.180 e. The van der Waals surface area contributed by atoms with Gasteiger partial charge in [-0.3, -0.25) is 0 Å². The third-order valence-electron chi connectivity index (χ3n) is 2.15. The van der Waals surface area contributed by atoms with Crippen LogP contribution in [0.15, 0.2) is 33.6 Å². The summed E-state index contributed by atoms with van der Waals surface area (Å²) in [4.78, 5) is 0.369. The maximum absolute atomic E-state index is 11.9. The first-order valence-corrected chi connectivity index (χ1v) is 7.70. The molecule has 90 valence electrons. The molecule has 0 aliphatic heterocycles. The van der Waals surface area contributed by atoms with Crippen LogP contribution in [-0.2, 0) is 9.84 Å². The van der Waals surface area contributed by atoms with Crippen molar-refractivity contribution in [3.63, 3.8) is 0 Å². The van der Waals surface area contributed by atoms with Crippen molar-refractivity contribution in [2.45, 2.75) is 18.2 Å². The predicted molar refractivity (Wildman–Crippen MR) is 69.4 cm³/mol. The SMILES string of the molecule is CCCNCCS(=O)(=O)c1ccccc1Br. The van der Waals surface area contributed by atoms with Crippen LogP contribution >= 0.6 is 15.9 Å². The molecule has 3 nitrogen and oxygen atoms in total. The van der Waals surface area contributed by atoms with Crippen LogP contribution in [0.2, 0.25) is 0 Å². The molecule has 1 aromatic rings. The number of hydrogen-bond donors (Lipinski definition) is 1.